The highest BCUT2D eigenvalue weighted by atomic mass is 79.9. The third-order valence-corrected chi connectivity index (χ3v) is 12.0. The first-order chi connectivity index (χ1) is 23.3. The molecule has 8 rings (SSSR count). The Morgan fingerprint density at radius 1 is 0.562 bits per heavy atom. The molecule has 0 aliphatic heterocycles. The fourth-order valence-corrected chi connectivity index (χ4v) is 9.88. The lowest BCUT2D eigenvalue weighted by Crippen LogP contribution is -2.15. The fourth-order valence-electron chi connectivity index (χ4n) is 9.16. The van der Waals surface area contributed by atoms with Gasteiger partial charge < -0.3 is 9.13 Å². The summed E-state index contributed by atoms with van der Waals surface area (Å²) in [6, 6.07) is 32.4. The molecule has 0 amide bonds. The van der Waals surface area contributed by atoms with E-state index in [9.17, 15) is 0 Å². The first kappa shape index (κ1) is 32.1. The molecule has 48 heavy (non-hydrogen) atoms. The number of nitrogens with zero attached hydrogens (tertiary/aromatic N) is 2. The average molecular weight is 763 g/mol. The monoisotopic (exact) mass is 760 g/mol. The summed E-state index contributed by atoms with van der Waals surface area (Å²) < 4.78 is 7.50. The van der Waals surface area contributed by atoms with Crippen LogP contribution in [0.4, 0.5) is 0 Å². The third kappa shape index (κ3) is 5.71. The minimum absolute atomic E-state index is 0.601. The summed E-state index contributed by atoms with van der Waals surface area (Å²) in [6.07, 6.45) is 9.94. The maximum atomic E-state index is 3.77. The van der Waals surface area contributed by atoms with E-state index in [1.165, 1.54) is 95.7 Å². The Hall–Kier alpha value is -3.08. The van der Waals surface area contributed by atoms with Gasteiger partial charge in [-0.1, -0.05) is 83.8 Å². The number of fused-ring (bicyclic) bond motifs is 6. The van der Waals surface area contributed by atoms with E-state index in [1.807, 2.05) is 0 Å². The first-order valence-electron chi connectivity index (χ1n) is 18.1. The number of aryl methyl sites for hydroxylation is 2. The molecule has 6 aromatic rings. The van der Waals surface area contributed by atoms with Gasteiger partial charge in [0.15, 0.2) is 0 Å². The van der Waals surface area contributed by atoms with Gasteiger partial charge in [0.05, 0.1) is 11.0 Å². The Labute approximate surface area is 302 Å². The molecule has 0 bridgehead atoms. The van der Waals surface area contributed by atoms with Crippen LogP contribution in [0.3, 0.4) is 0 Å². The second kappa shape index (κ2) is 13.0. The second-order valence-corrected chi connectivity index (χ2v) is 17.1. The lowest BCUT2D eigenvalue weighted by molar-refractivity contribution is 0.437. The molecule has 2 heterocycles. The molecule has 246 valence electrons. The summed E-state index contributed by atoms with van der Waals surface area (Å²) in [5.74, 6) is 2.57. The van der Waals surface area contributed by atoms with Crippen molar-refractivity contribution in [3.63, 3.8) is 0 Å². The van der Waals surface area contributed by atoms with Crippen LogP contribution < -0.4 is 0 Å². The van der Waals surface area contributed by atoms with Crippen LogP contribution in [0.25, 0.3) is 44.3 Å². The quantitative estimate of drug-likeness (QED) is 0.153. The molecule has 2 atom stereocenters. The molecule has 2 unspecified atom stereocenters. The van der Waals surface area contributed by atoms with Gasteiger partial charge in [-0.2, -0.15) is 0 Å². The van der Waals surface area contributed by atoms with E-state index in [0.717, 1.165) is 8.95 Å². The highest BCUT2D eigenvalue weighted by molar-refractivity contribution is 9.10. The Bertz CT molecular complexity index is 1960. The number of rotatable bonds is 7. The molecular formula is C44H46Br2N2. The van der Waals surface area contributed by atoms with E-state index in [2.05, 4.69) is 154 Å². The van der Waals surface area contributed by atoms with Crippen molar-refractivity contribution in [1.29, 1.82) is 0 Å². The molecule has 2 aliphatic rings. The first-order valence-corrected chi connectivity index (χ1v) is 19.7. The highest BCUT2D eigenvalue weighted by Crippen LogP contribution is 2.45. The molecule has 0 spiro atoms. The van der Waals surface area contributed by atoms with Crippen LogP contribution in [0, 0.1) is 11.8 Å². The maximum absolute atomic E-state index is 3.77. The molecule has 0 fully saturated rings. The van der Waals surface area contributed by atoms with Crippen LogP contribution in [0.5, 0.6) is 0 Å². The predicted molar refractivity (Wildman–Crippen MR) is 211 cm³/mol. The van der Waals surface area contributed by atoms with E-state index in [0.29, 0.717) is 23.7 Å². The van der Waals surface area contributed by atoms with Gasteiger partial charge in [0.1, 0.15) is 0 Å². The van der Waals surface area contributed by atoms with Gasteiger partial charge in [-0.25, -0.2) is 0 Å². The standard InChI is InChI=1S/C44H46Br2N2/c1-27(2)23-31-7-5-9-37-39-25-33(45)15-21-41(39)47(43(31)37)35-17-11-29(12-18-35)30-13-19-36(20-14-30)48-42-22-16-34(46)26-40(42)38-10-6-8-32(44(38)48)24-28(3)4/h11-22,25-28,31-32H,5-10,23-24H2,1-4H3. The smallest absolute Gasteiger partial charge is 0.0535 e. The molecule has 2 aliphatic carbocycles. The zero-order valence-electron chi connectivity index (χ0n) is 28.7. The minimum atomic E-state index is 0.601. The van der Waals surface area contributed by atoms with Crippen LogP contribution in [0.15, 0.2) is 93.9 Å². The number of halogens is 2. The van der Waals surface area contributed by atoms with E-state index < -0.39 is 0 Å². The second-order valence-electron chi connectivity index (χ2n) is 15.3. The lowest BCUT2D eigenvalue weighted by Gasteiger charge is -2.27. The normalized spacial score (nSPS) is 17.8. The van der Waals surface area contributed by atoms with Crippen LogP contribution in [-0.2, 0) is 12.8 Å². The Morgan fingerprint density at radius 2 is 0.958 bits per heavy atom. The van der Waals surface area contributed by atoms with Gasteiger partial charge in [0.2, 0.25) is 0 Å². The Balaban J connectivity index is 1.17. The molecule has 0 radical (unpaired) electrons. The molecule has 4 heteroatoms. The molecule has 0 saturated carbocycles. The van der Waals surface area contributed by atoms with Crippen molar-refractivity contribution in [3.05, 3.63) is 116 Å². The van der Waals surface area contributed by atoms with Gasteiger partial charge in [-0.15, -0.1) is 0 Å². The minimum Gasteiger partial charge on any atom is -0.313 e. The number of benzene rings is 4. The van der Waals surface area contributed by atoms with Crippen LogP contribution in [0.1, 0.15) is 101 Å². The van der Waals surface area contributed by atoms with Gasteiger partial charge >= 0.3 is 0 Å². The van der Waals surface area contributed by atoms with Crippen molar-refractivity contribution in [2.24, 2.45) is 11.8 Å². The van der Waals surface area contributed by atoms with E-state index in [-0.39, 0.29) is 0 Å². The van der Waals surface area contributed by atoms with Gasteiger partial charge in [-0.3, -0.25) is 0 Å². The molecule has 0 saturated heterocycles. The summed E-state index contributed by atoms with van der Waals surface area (Å²) >= 11 is 7.53. The summed E-state index contributed by atoms with van der Waals surface area (Å²) in [5.41, 5.74) is 13.9. The molecule has 2 nitrogen and oxygen atoms in total. The Kier molecular flexibility index (Phi) is 8.70. The lowest BCUT2D eigenvalue weighted by atomic mass is 9.82. The van der Waals surface area contributed by atoms with E-state index in [4.69, 9.17) is 0 Å². The largest absolute Gasteiger partial charge is 0.313 e. The van der Waals surface area contributed by atoms with Crippen molar-refractivity contribution >= 4 is 53.7 Å². The SMILES string of the molecule is CC(C)CC1CCCc2c1n(-c1ccc(-c3ccc(-n4c5c(c6cc(Br)ccc64)CCCC5CC(C)C)cc3)cc1)c1ccc(Br)cc21. The molecular weight excluding hydrogens is 716 g/mol. The fraction of sp³-hybridized carbons (Fsp3) is 0.364. The van der Waals surface area contributed by atoms with Crippen molar-refractivity contribution in [3.8, 4) is 22.5 Å². The van der Waals surface area contributed by atoms with E-state index >= 15 is 0 Å². The summed E-state index contributed by atoms with van der Waals surface area (Å²) in [4.78, 5) is 0. The Morgan fingerprint density at radius 3 is 1.33 bits per heavy atom. The van der Waals surface area contributed by atoms with Crippen molar-refractivity contribution in [2.75, 3.05) is 0 Å². The number of aromatic nitrogens is 2. The third-order valence-electron chi connectivity index (χ3n) is 11.0. The summed E-state index contributed by atoms with van der Waals surface area (Å²) in [7, 11) is 0. The van der Waals surface area contributed by atoms with E-state index in [1.54, 1.807) is 22.5 Å². The molecule has 4 aromatic carbocycles. The average Bonchev–Trinajstić information content (AvgIpc) is 3.58. The van der Waals surface area contributed by atoms with Crippen LogP contribution >= 0.6 is 31.9 Å². The van der Waals surface area contributed by atoms with Crippen LogP contribution in [0.2, 0.25) is 0 Å². The summed E-state index contributed by atoms with van der Waals surface area (Å²) in [5, 5.41) is 2.82. The topological polar surface area (TPSA) is 9.86 Å². The summed E-state index contributed by atoms with van der Waals surface area (Å²) in [6.45, 7) is 9.48. The predicted octanol–water partition coefficient (Wildman–Crippen LogP) is 13.7. The highest BCUT2D eigenvalue weighted by Gasteiger charge is 2.30. The van der Waals surface area contributed by atoms with Crippen molar-refractivity contribution < 1.29 is 0 Å². The zero-order valence-corrected chi connectivity index (χ0v) is 31.9. The van der Waals surface area contributed by atoms with Gasteiger partial charge in [0, 0.05) is 54.3 Å². The van der Waals surface area contributed by atoms with Crippen molar-refractivity contribution in [2.45, 2.75) is 90.9 Å². The molecule has 0 N–H and O–H groups in total. The van der Waals surface area contributed by atoms with Gasteiger partial charge in [-0.05, 0) is 146 Å². The van der Waals surface area contributed by atoms with Crippen LogP contribution in [-0.4, -0.2) is 9.13 Å². The van der Waals surface area contributed by atoms with Gasteiger partial charge in [0.25, 0.3) is 0 Å². The maximum Gasteiger partial charge on any atom is 0.0535 e. The number of hydrogen-bond acceptors (Lipinski definition) is 0. The van der Waals surface area contributed by atoms with Crippen molar-refractivity contribution in [1.82, 2.24) is 9.13 Å². The molecule has 2 aromatic heterocycles. The number of hydrogen-bond donors (Lipinski definition) is 0. The zero-order chi connectivity index (χ0) is 33.1.